The Bertz CT molecular complexity index is 473. The SMILES string of the molecule is CCCNCc1coc(-c2cc(C)c(Br)s2)n1. The van der Waals surface area contributed by atoms with Crippen LogP contribution in [0.1, 0.15) is 24.6 Å². The minimum atomic E-state index is 0.706. The van der Waals surface area contributed by atoms with Crippen molar-refractivity contribution < 1.29 is 4.42 Å². The molecule has 2 aromatic rings. The number of aryl methyl sites for hydroxylation is 1. The fourth-order valence-electron chi connectivity index (χ4n) is 1.46. The van der Waals surface area contributed by atoms with Crippen LogP contribution >= 0.6 is 27.3 Å². The third kappa shape index (κ3) is 3.18. The van der Waals surface area contributed by atoms with Crippen molar-refractivity contribution >= 4 is 27.3 Å². The van der Waals surface area contributed by atoms with Crippen LogP contribution in [0.15, 0.2) is 20.5 Å². The number of aromatic nitrogens is 1. The first-order valence-corrected chi connectivity index (χ1v) is 7.23. The molecule has 17 heavy (non-hydrogen) atoms. The summed E-state index contributed by atoms with van der Waals surface area (Å²) in [7, 11) is 0. The van der Waals surface area contributed by atoms with Crippen molar-refractivity contribution in [2.75, 3.05) is 6.54 Å². The highest BCUT2D eigenvalue weighted by Crippen LogP contribution is 2.34. The average Bonchev–Trinajstić information content (AvgIpc) is 2.88. The summed E-state index contributed by atoms with van der Waals surface area (Å²) >= 11 is 5.16. The Morgan fingerprint density at radius 1 is 1.53 bits per heavy atom. The van der Waals surface area contributed by atoms with Crippen LogP contribution in [0.2, 0.25) is 0 Å². The molecule has 0 unspecified atom stereocenters. The van der Waals surface area contributed by atoms with Crippen LogP contribution in [0.3, 0.4) is 0 Å². The van der Waals surface area contributed by atoms with E-state index in [1.807, 2.05) is 0 Å². The fourth-order valence-corrected chi connectivity index (χ4v) is 2.93. The molecule has 2 rings (SSSR count). The lowest BCUT2D eigenvalue weighted by Gasteiger charge is -1.96. The summed E-state index contributed by atoms with van der Waals surface area (Å²) in [5.41, 5.74) is 2.17. The first-order valence-electron chi connectivity index (χ1n) is 5.62. The zero-order valence-corrected chi connectivity index (χ0v) is 12.3. The summed E-state index contributed by atoms with van der Waals surface area (Å²) in [6.07, 6.45) is 2.85. The van der Waals surface area contributed by atoms with E-state index in [2.05, 4.69) is 46.1 Å². The summed E-state index contributed by atoms with van der Waals surface area (Å²) in [5.74, 6) is 0.706. The molecule has 0 atom stereocenters. The highest BCUT2D eigenvalue weighted by atomic mass is 79.9. The second-order valence-electron chi connectivity index (χ2n) is 3.89. The molecule has 0 fully saturated rings. The van der Waals surface area contributed by atoms with Crippen LogP contribution in [-0.2, 0) is 6.54 Å². The molecular formula is C12H15BrN2OS. The quantitative estimate of drug-likeness (QED) is 0.848. The van der Waals surface area contributed by atoms with Crippen molar-refractivity contribution in [1.29, 1.82) is 0 Å². The molecule has 2 heterocycles. The van der Waals surface area contributed by atoms with Gasteiger partial charge in [0.05, 0.1) is 14.4 Å². The Morgan fingerprint density at radius 2 is 2.35 bits per heavy atom. The maximum Gasteiger partial charge on any atom is 0.236 e. The van der Waals surface area contributed by atoms with Crippen molar-refractivity contribution in [2.45, 2.75) is 26.8 Å². The predicted molar refractivity (Wildman–Crippen MR) is 74.3 cm³/mol. The van der Waals surface area contributed by atoms with E-state index in [0.29, 0.717) is 5.89 Å². The van der Waals surface area contributed by atoms with Gasteiger partial charge in [-0.15, -0.1) is 11.3 Å². The summed E-state index contributed by atoms with van der Waals surface area (Å²) in [6.45, 7) is 5.98. The van der Waals surface area contributed by atoms with Crippen LogP contribution in [-0.4, -0.2) is 11.5 Å². The van der Waals surface area contributed by atoms with E-state index < -0.39 is 0 Å². The maximum atomic E-state index is 5.49. The number of nitrogens with zero attached hydrogens (tertiary/aromatic N) is 1. The van der Waals surface area contributed by atoms with E-state index in [0.717, 1.165) is 33.9 Å². The Balaban J connectivity index is 2.07. The Hall–Kier alpha value is -0.650. The van der Waals surface area contributed by atoms with Crippen molar-refractivity contribution in [3.05, 3.63) is 27.4 Å². The van der Waals surface area contributed by atoms with Gasteiger partial charge in [0.1, 0.15) is 6.26 Å². The van der Waals surface area contributed by atoms with E-state index in [1.165, 1.54) is 5.56 Å². The molecule has 0 saturated heterocycles. The molecule has 0 aromatic carbocycles. The van der Waals surface area contributed by atoms with Gasteiger partial charge in [-0.25, -0.2) is 4.98 Å². The standard InChI is InChI=1S/C12H15BrN2OS/c1-3-4-14-6-9-7-16-12(15-9)10-5-8(2)11(13)17-10/h5,7,14H,3-4,6H2,1-2H3. The van der Waals surface area contributed by atoms with Gasteiger partial charge in [0, 0.05) is 6.54 Å². The summed E-state index contributed by atoms with van der Waals surface area (Å²) < 4.78 is 6.62. The van der Waals surface area contributed by atoms with Crippen molar-refractivity contribution in [3.63, 3.8) is 0 Å². The van der Waals surface area contributed by atoms with Crippen molar-refractivity contribution in [2.24, 2.45) is 0 Å². The molecule has 0 bridgehead atoms. The topological polar surface area (TPSA) is 38.1 Å². The average molecular weight is 315 g/mol. The summed E-state index contributed by atoms with van der Waals surface area (Å²) in [6, 6.07) is 2.09. The van der Waals surface area contributed by atoms with Gasteiger partial charge in [-0.2, -0.15) is 0 Å². The molecule has 3 nitrogen and oxygen atoms in total. The van der Waals surface area contributed by atoms with E-state index in [9.17, 15) is 0 Å². The number of thiophene rings is 1. The molecule has 5 heteroatoms. The van der Waals surface area contributed by atoms with Crippen molar-refractivity contribution in [3.8, 4) is 10.8 Å². The second-order valence-corrected chi connectivity index (χ2v) is 6.26. The second kappa shape index (κ2) is 5.80. The van der Waals surface area contributed by atoms with Gasteiger partial charge in [-0.3, -0.25) is 0 Å². The molecule has 2 aromatic heterocycles. The smallest absolute Gasteiger partial charge is 0.236 e. The first kappa shape index (κ1) is 12.8. The molecule has 0 spiro atoms. The number of rotatable bonds is 5. The lowest BCUT2D eigenvalue weighted by Crippen LogP contribution is -2.13. The molecule has 0 saturated carbocycles. The number of oxazole rings is 1. The van der Waals surface area contributed by atoms with Gasteiger partial charge in [-0.05, 0) is 47.4 Å². The van der Waals surface area contributed by atoms with Crippen LogP contribution in [0.25, 0.3) is 10.8 Å². The molecule has 0 aliphatic heterocycles. The van der Waals surface area contributed by atoms with Crippen molar-refractivity contribution in [1.82, 2.24) is 10.3 Å². The molecule has 0 radical (unpaired) electrons. The van der Waals surface area contributed by atoms with E-state index in [1.54, 1.807) is 17.6 Å². The maximum absolute atomic E-state index is 5.49. The third-order valence-corrected chi connectivity index (χ3v) is 4.48. The normalized spacial score (nSPS) is 11.0. The molecule has 0 aliphatic rings. The predicted octanol–water partition coefficient (Wildman–Crippen LogP) is 3.97. The number of hydrogen-bond acceptors (Lipinski definition) is 4. The zero-order chi connectivity index (χ0) is 12.3. The number of nitrogens with one attached hydrogen (secondary N) is 1. The highest BCUT2D eigenvalue weighted by molar-refractivity contribution is 9.11. The Kier molecular flexibility index (Phi) is 4.36. The molecule has 0 amide bonds. The fraction of sp³-hybridized carbons (Fsp3) is 0.417. The van der Waals surface area contributed by atoms with Crippen LogP contribution in [0.4, 0.5) is 0 Å². The Morgan fingerprint density at radius 3 is 3.00 bits per heavy atom. The van der Waals surface area contributed by atoms with Gasteiger partial charge in [0.15, 0.2) is 0 Å². The lowest BCUT2D eigenvalue weighted by molar-refractivity contribution is 0.571. The number of hydrogen-bond donors (Lipinski definition) is 1. The molecule has 1 N–H and O–H groups in total. The van der Waals surface area contributed by atoms with Crippen LogP contribution < -0.4 is 5.32 Å². The van der Waals surface area contributed by atoms with Crippen LogP contribution in [0, 0.1) is 6.92 Å². The van der Waals surface area contributed by atoms with E-state index in [4.69, 9.17) is 4.42 Å². The summed E-state index contributed by atoms with van der Waals surface area (Å²) in [5, 5.41) is 3.30. The molecule has 92 valence electrons. The number of halogens is 1. The summed E-state index contributed by atoms with van der Waals surface area (Å²) in [4.78, 5) is 5.53. The molecule has 0 aliphatic carbocycles. The minimum Gasteiger partial charge on any atom is -0.444 e. The molecular weight excluding hydrogens is 300 g/mol. The van der Waals surface area contributed by atoms with E-state index in [-0.39, 0.29) is 0 Å². The van der Waals surface area contributed by atoms with E-state index >= 15 is 0 Å². The van der Waals surface area contributed by atoms with Crippen LogP contribution in [0.5, 0.6) is 0 Å². The largest absolute Gasteiger partial charge is 0.444 e. The lowest BCUT2D eigenvalue weighted by atomic mass is 10.3. The minimum absolute atomic E-state index is 0.706. The van der Waals surface area contributed by atoms with Gasteiger partial charge in [0.2, 0.25) is 5.89 Å². The van der Waals surface area contributed by atoms with Gasteiger partial charge in [-0.1, -0.05) is 6.92 Å². The Labute approximate surface area is 113 Å². The third-order valence-electron chi connectivity index (χ3n) is 2.35. The van der Waals surface area contributed by atoms with Gasteiger partial charge < -0.3 is 9.73 Å². The van der Waals surface area contributed by atoms with Gasteiger partial charge in [0.25, 0.3) is 0 Å². The highest BCUT2D eigenvalue weighted by Gasteiger charge is 2.10. The zero-order valence-electron chi connectivity index (χ0n) is 9.92. The van der Waals surface area contributed by atoms with Gasteiger partial charge >= 0.3 is 0 Å². The first-order chi connectivity index (χ1) is 8.20. The monoisotopic (exact) mass is 314 g/mol.